The van der Waals surface area contributed by atoms with Crippen molar-refractivity contribution in [2.24, 2.45) is 5.10 Å². The lowest BCUT2D eigenvalue weighted by molar-refractivity contribution is -0.139. The number of carboxylic acids is 1. The van der Waals surface area contributed by atoms with Crippen LogP contribution in [-0.2, 0) is 4.79 Å². The Kier molecular flexibility index (Phi) is 5.10. The van der Waals surface area contributed by atoms with Gasteiger partial charge in [0.05, 0.1) is 23.5 Å². The van der Waals surface area contributed by atoms with E-state index in [1.54, 1.807) is 24.4 Å². The predicted octanol–water partition coefficient (Wildman–Crippen LogP) is 3.21. The fraction of sp³-hybridized carbons (Fsp3) is 0.118. The number of aliphatic carboxylic acids is 1. The second kappa shape index (κ2) is 7.63. The molecule has 0 fully saturated rings. The largest absolute Gasteiger partial charge is 0.493 e. The van der Waals surface area contributed by atoms with Gasteiger partial charge in [-0.3, -0.25) is 5.43 Å². The fourth-order valence-corrected chi connectivity index (χ4v) is 2.92. The van der Waals surface area contributed by atoms with Gasteiger partial charge in [-0.15, -0.1) is 0 Å². The van der Waals surface area contributed by atoms with Crippen molar-refractivity contribution in [3.05, 3.63) is 48.0 Å². The maximum atomic E-state index is 10.6. The number of thiazole rings is 1. The van der Waals surface area contributed by atoms with Crippen LogP contribution in [0.4, 0.5) is 5.13 Å². The summed E-state index contributed by atoms with van der Waals surface area (Å²) in [4.78, 5) is 15.0. The Morgan fingerprint density at radius 3 is 2.92 bits per heavy atom. The summed E-state index contributed by atoms with van der Waals surface area (Å²) in [5.41, 5.74) is 4.60. The molecule has 2 aromatic carbocycles. The van der Waals surface area contributed by atoms with Gasteiger partial charge in [-0.05, 0) is 35.9 Å². The second-order valence-electron chi connectivity index (χ2n) is 4.95. The number of methoxy groups -OCH3 is 1. The quantitative estimate of drug-likeness (QED) is 0.498. The zero-order chi connectivity index (χ0) is 17.6. The smallest absolute Gasteiger partial charge is 0.341 e. The molecule has 0 spiro atoms. The zero-order valence-corrected chi connectivity index (χ0v) is 14.1. The molecule has 0 aliphatic heterocycles. The van der Waals surface area contributed by atoms with Gasteiger partial charge >= 0.3 is 5.97 Å². The molecule has 7 nitrogen and oxygen atoms in total. The van der Waals surface area contributed by atoms with Crippen LogP contribution < -0.4 is 14.9 Å². The average Bonchev–Trinajstić information content (AvgIpc) is 3.03. The number of nitrogens with one attached hydrogen (secondary N) is 1. The molecule has 1 aromatic heterocycles. The molecule has 8 heteroatoms. The highest BCUT2D eigenvalue weighted by Crippen LogP contribution is 2.28. The van der Waals surface area contributed by atoms with Crippen LogP contribution in [0, 0.1) is 0 Å². The molecule has 3 aromatic rings. The maximum absolute atomic E-state index is 10.6. The third-order valence-corrected chi connectivity index (χ3v) is 4.15. The number of hydrogen-bond acceptors (Lipinski definition) is 7. The molecule has 1 heterocycles. The molecule has 0 atom stereocenters. The number of rotatable bonds is 7. The number of aromatic nitrogens is 1. The van der Waals surface area contributed by atoms with Crippen LogP contribution in [-0.4, -0.2) is 36.0 Å². The molecule has 0 aliphatic carbocycles. The van der Waals surface area contributed by atoms with E-state index in [1.165, 1.54) is 18.4 Å². The molecule has 0 unspecified atom stereocenters. The van der Waals surface area contributed by atoms with Gasteiger partial charge in [0.25, 0.3) is 0 Å². The third-order valence-electron chi connectivity index (χ3n) is 3.21. The number of fused-ring (bicyclic) bond motifs is 1. The lowest BCUT2D eigenvalue weighted by atomic mass is 10.2. The van der Waals surface area contributed by atoms with Crippen molar-refractivity contribution in [3.8, 4) is 11.5 Å². The first-order valence-corrected chi connectivity index (χ1v) is 8.14. The number of benzene rings is 2. The van der Waals surface area contributed by atoms with Gasteiger partial charge in [-0.1, -0.05) is 23.5 Å². The third kappa shape index (κ3) is 4.24. The minimum atomic E-state index is -1.05. The molecule has 0 amide bonds. The number of ether oxygens (including phenoxy) is 2. The maximum Gasteiger partial charge on any atom is 0.341 e. The van der Waals surface area contributed by atoms with Gasteiger partial charge in [-0.2, -0.15) is 5.10 Å². The number of hydrogen-bond donors (Lipinski definition) is 2. The topological polar surface area (TPSA) is 93.0 Å². The van der Waals surface area contributed by atoms with Crippen LogP contribution in [0.3, 0.4) is 0 Å². The van der Waals surface area contributed by atoms with Crippen molar-refractivity contribution < 1.29 is 19.4 Å². The summed E-state index contributed by atoms with van der Waals surface area (Å²) < 4.78 is 11.5. The van der Waals surface area contributed by atoms with Gasteiger partial charge in [-0.25, -0.2) is 9.78 Å². The van der Waals surface area contributed by atoms with Crippen LogP contribution in [0.5, 0.6) is 11.5 Å². The van der Waals surface area contributed by atoms with E-state index in [4.69, 9.17) is 14.6 Å². The van der Waals surface area contributed by atoms with E-state index in [0.717, 1.165) is 15.8 Å². The summed E-state index contributed by atoms with van der Waals surface area (Å²) in [5, 5.41) is 13.5. The van der Waals surface area contributed by atoms with Crippen molar-refractivity contribution in [1.29, 1.82) is 0 Å². The molecule has 25 heavy (non-hydrogen) atoms. The van der Waals surface area contributed by atoms with Crippen molar-refractivity contribution in [3.63, 3.8) is 0 Å². The summed E-state index contributed by atoms with van der Waals surface area (Å²) in [6, 6.07) is 13.0. The van der Waals surface area contributed by atoms with E-state index in [1.807, 2.05) is 24.3 Å². The Labute approximate surface area is 147 Å². The van der Waals surface area contributed by atoms with E-state index in [2.05, 4.69) is 15.5 Å². The van der Waals surface area contributed by atoms with Crippen molar-refractivity contribution >= 4 is 38.9 Å². The van der Waals surface area contributed by atoms with Gasteiger partial charge < -0.3 is 14.6 Å². The Morgan fingerprint density at radius 2 is 2.16 bits per heavy atom. The first kappa shape index (κ1) is 16.7. The highest BCUT2D eigenvalue weighted by atomic mass is 32.1. The molecule has 2 N–H and O–H groups in total. The van der Waals surface area contributed by atoms with E-state index >= 15 is 0 Å². The molecule has 0 saturated heterocycles. The summed E-state index contributed by atoms with van der Waals surface area (Å²) in [5.74, 6) is -0.251. The summed E-state index contributed by atoms with van der Waals surface area (Å²) in [6.07, 6.45) is 1.62. The Bertz CT molecular complexity index is 890. The van der Waals surface area contributed by atoms with Gasteiger partial charge in [0.15, 0.2) is 18.1 Å². The molecule has 0 bridgehead atoms. The van der Waals surface area contributed by atoms with Crippen LogP contribution >= 0.6 is 11.3 Å². The van der Waals surface area contributed by atoms with Crippen LogP contribution in [0.25, 0.3) is 10.2 Å². The first-order chi connectivity index (χ1) is 12.2. The molecule has 0 radical (unpaired) electrons. The molecular formula is C17H15N3O4S. The van der Waals surface area contributed by atoms with E-state index in [0.29, 0.717) is 16.6 Å². The first-order valence-electron chi connectivity index (χ1n) is 7.33. The molecule has 3 rings (SSSR count). The number of para-hydroxylation sites is 1. The number of nitrogens with zero attached hydrogens (tertiary/aromatic N) is 2. The minimum Gasteiger partial charge on any atom is -0.493 e. The standard InChI is InChI=1S/C17H15N3O4S/c1-23-14-8-11(6-7-13(14)24-10-16(21)22)9-18-20-17-19-12-4-2-3-5-15(12)25-17/h2-9H,10H2,1H3,(H,19,20)(H,21,22)/b18-9-. The lowest BCUT2D eigenvalue weighted by Gasteiger charge is -2.09. The van der Waals surface area contributed by atoms with Gasteiger partial charge in [0.2, 0.25) is 5.13 Å². The molecule has 0 aliphatic rings. The number of carboxylic acid groups (broad SMARTS) is 1. The molecule has 128 valence electrons. The summed E-state index contributed by atoms with van der Waals surface area (Å²) in [6.45, 7) is -0.428. The number of hydrazone groups is 1. The van der Waals surface area contributed by atoms with Crippen molar-refractivity contribution in [2.45, 2.75) is 0 Å². The van der Waals surface area contributed by atoms with E-state index in [9.17, 15) is 4.79 Å². The molecule has 0 saturated carbocycles. The fourth-order valence-electron chi connectivity index (χ4n) is 2.11. The monoisotopic (exact) mass is 357 g/mol. The van der Waals surface area contributed by atoms with Crippen molar-refractivity contribution in [2.75, 3.05) is 19.1 Å². The highest BCUT2D eigenvalue weighted by molar-refractivity contribution is 7.22. The van der Waals surface area contributed by atoms with Gasteiger partial charge in [0.1, 0.15) is 0 Å². The minimum absolute atomic E-state index is 0.362. The highest BCUT2D eigenvalue weighted by Gasteiger charge is 2.07. The normalized spacial score (nSPS) is 10.9. The number of anilines is 1. The Balaban J connectivity index is 1.69. The summed E-state index contributed by atoms with van der Waals surface area (Å²) >= 11 is 1.52. The second-order valence-corrected chi connectivity index (χ2v) is 5.98. The van der Waals surface area contributed by atoms with Crippen LogP contribution in [0.1, 0.15) is 5.56 Å². The van der Waals surface area contributed by atoms with E-state index in [-0.39, 0.29) is 0 Å². The van der Waals surface area contributed by atoms with Crippen LogP contribution in [0.15, 0.2) is 47.6 Å². The molecular weight excluding hydrogens is 342 g/mol. The lowest BCUT2D eigenvalue weighted by Crippen LogP contribution is -2.10. The van der Waals surface area contributed by atoms with Crippen molar-refractivity contribution in [1.82, 2.24) is 4.98 Å². The Hall–Kier alpha value is -3.13. The Morgan fingerprint density at radius 1 is 1.32 bits per heavy atom. The van der Waals surface area contributed by atoms with E-state index < -0.39 is 12.6 Å². The van der Waals surface area contributed by atoms with Gasteiger partial charge in [0, 0.05) is 0 Å². The average molecular weight is 357 g/mol. The zero-order valence-electron chi connectivity index (χ0n) is 13.3. The predicted molar refractivity (Wildman–Crippen MR) is 97.0 cm³/mol. The number of carbonyl (C=O) groups is 1. The summed E-state index contributed by atoms with van der Waals surface area (Å²) in [7, 11) is 1.49. The SMILES string of the molecule is COc1cc(/C=N\Nc2nc3ccccc3s2)ccc1OCC(=O)O. The van der Waals surface area contributed by atoms with Crippen LogP contribution in [0.2, 0.25) is 0 Å².